The predicted molar refractivity (Wildman–Crippen MR) is 139 cm³/mol. The van der Waals surface area contributed by atoms with E-state index in [4.69, 9.17) is 13.8 Å². The van der Waals surface area contributed by atoms with Crippen molar-refractivity contribution in [3.8, 4) is 0 Å². The van der Waals surface area contributed by atoms with Crippen LogP contribution in [-0.4, -0.2) is 82.0 Å². The number of carbonyl (C=O) groups excluding carboxylic acids is 1. The van der Waals surface area contributed by atoms with Gasteiger partial charge in [0.2, 0.25) is 0 Å². The molecule has 0 aromatic rings. The molecule has 0 aromatic carbocycles. The summed E-state index contributed by atoms with van der Waals surface area (Å²) in [6.07, 6.45) is 15.6. The van der Waals surface area contributed by atoms with Crippen molar-refractivity contribution in [3.63, 3.8) is 0 Å². The first-order valence-corrected chi connectivity index (χ1v) is 14.7. The van der Waals surface area contributed by atoms with E-state index in [1.54, 1.807) is 14.1 Å². The molecule has 2 atom stereocenters. The molecule has 9 heteroatoms. The fourth-order valence-electron chi connectivity index (χ4n) is 3.47. The summed E-state index contributed by atoms with van der Waals surface area (Å²) in [5.74, 6) is -0.144. The van der Waals surface area contributed by atoms with Gasteiger partial charge in [0.05, 0.1) is 34.4 Å². The molecular weight excluding hydrogens is 455 g/mol. The van der Waals surface area contributed by atoms with Gasteiger partial charge in [0.1, 0.15) is 13.2 Å². The maximum absolute atomic E-state index is 12.2. The summed E-state index contributed by atoms with van der Waals surface area (Å²) >= 11 is 0. The second-order valence-corrected chi connectivity index (χ2v) is 12.1. The van der Waals surface area contributed by atoms with Gasteiger partial charge in [-0.2, -0.15) is 0 Å². The van der Waals surface area contributed by atoms with Gasteiger partial charge in [0.25, 0.3) is 0 Å². The second kappa shape index (κ2) is 19.5. The van der Waals surface area contributed by atoms with E-state index in [0.29, 0.717) is 11.0 Å². The molecule has 1 N–H and O–H groups in total. The zero-order valence-corrected chi connectivity index (χ0v) is 23.8. The molecule has 1 amide bonds. The summed E-state index contributed by atoms with van der Waals surface area (Å²) in [5, 5.41) is 0. The topological polar surface area (TPSA) is 85.3 Å². The molecule has 8 nitrogen and oxygen atoms in total. The fourth-order valence-corrected chi connectivity index (χ4v) is 4.26. The van der Waals surface area contributed by atoms with Crippen LogP contribution in [0.1, 0.15) is 90.4 Å². The number of quaternary nitrogens is 1. The van der Waals surface area contributed by atoms with Crippen LogP contribution in [-0.2, 0) is 18.3 Å². The van der Waals surface area contributed by atoms with Crippen molar-refractivity contribution in [2.45, 2.75) is 90.4 Å². The van der Waals surface area contributed by atoms with Crippen LogP contribution in [0.2, 0.25) is 0 Å². The highest BCUT2D eigenvalue weighted by molar-refractivity contribution is 7.47. The van der Waals surface area contributed by atoms with Crippen LogP contribution in [0.5, 0.6) is 0 Å². The molecule has 204 valence electrons. The number of phosphoric acid groups is 1. The fraction of sp³-hybridized carbons (Fsp3) is 0.960. The summed E-state index contributed by atoms with van der Waals surface area (Å²) in [4.78, 5) is 23.1. The Bertz CT molecular complexity index is 554. The molecule has 0 rings (SSSR count). The predicted octanol–water partition coefficient (Wildman–Crippen LogP) is 6.23. The number of nitrogens with zero attached hydrogens (tertiary/aromatic N) is 2. The Kier molecular flexibility index (Phi) is 19.1. The third-order valence-corrected chi connectivity index (χ3v) is 6.75. The summed E-state index contributed by atoms with van der Waals surface area (Å²) in [7, 11) is 5.07. The van der Waals surface area contributed by atoms with Crippen molar-refractivity contribution >= 4 is 13.9 Å². The average molecular weight is 510 g/mol. The first-order chi connectivity index (χ1) is 16.0. The van der Waals surface area contributed by atoms with Crippen LogP contribution < -0.4 is 0 Å². The molecule has 0 fully saturated rings. The molecule has 0 heterocycles. The number of hydrogen-bond donors (Lipinski definition) is 1. The van der Waals surface area contributed by atoms with Gasteiger partial charge < -0.3 is 19.0 Å². The lowest BCUT2D eigenvalue weighted by molar-refractivity contribution is -0.870. The molecule has 0 saturated carbocycles. The van der Waals surface area contributed by atoms with Crippen molar-refractivity contribution < 1.29 is 32.5 Å². The van der Waals surface area contributed by atoms with Gasteiger partial charge in [-0.15, -0.1) is 0 Å². The Balaban J connectivity index is 4.21. The third kappa shape index (κ3) is 21.8. The molecule has 0 aromatic heterocycles. The lowest BCUT2D eigenvalue weighted by Gasteiger charge is -2.24. The average Bonchev–Trinajstić information content (AvgIpc) is 2.74. The van der Waals surface area contributed by atoms with Gasteiger partial charge in [-0.05, 0) is 6.42 Å². The van der Waals surface area contributed by atoms with Crippen LogP contribution in [0.3, 0.4) is 0 Å². The molecule has 34 heavy (non-hydrogen) atoms. The van der Waals surface area contributed by atoms with Crippen molar-refractivity contribution in [2.24, 2.45) is 5.92 Å². The van der Waals surface area contributed by atoms with Gasteiger partial charge in [-0.1, -0.05) is 84.0 Å². The van der Waals surface area contributed by atoms with E-state index in [1.807, 2.05) is 21.1 Å². The van der Waals surface area contributed by atoms with Crippen molar-refractivity contribution in [1.29, 1.82) is 0 Å². The van der Waals surface area contributed by atoms with E-state index in [1.165, 1.54) is 69.1 Å². The van der Waals surface area contributed by atoms with Crippen molar-refractivity contribution in [1.82, 2.24) is 4.90 Å². The van der Waals surface area contributed by atoms with Gasteiger partial charge in [0, 0.05) is 20.0 Å². The Morgan fingerprint density at radius 3 is 1.82 bits per heavy atom. The second-order valence-electron chi connectivity index (χ2n) is 10.6. The summed E-state index contributed by atoms with van der Waals surface area (Å²) in [6.45, 7) is 3.16. The highest BCUT2D eigenvalue weighted by atomic mass is 31.2. The van der Waals surface area contributed by atoms with E-state index in [2.05, 4.69) is 6.92 Å². The standard InChI is InChI=1S/C25H53N2O6P/c1-7-8-9-10-11-12-13-14-15-16-17-18-19-24(22-31-25(28)26(2)3)23-33-34(29,30)32-21-20-27(4,5)6/h24H,7-23H2,1-6H3/p+1. The molecule has 0 aliphatic rings. The Morgan fingerprint density at radius 1 is 0.853 bits per heavy atom. The van der Waals surface area contributed by atoms with Crippen LogP contribution in [0.4, 0.5) is 4.79 Å². The smallest absolute Gasteiger partial charge is 0.449 e. The monoisotopic (exact) mass is 509 g/mol. The zero-order chi connectivity index (χ0) is 25.9. The van der Waals surface area contributed by atoms with Crippen molar-refractivity contribution in [3.05, 3.63) is 0 Å². The zero-order valence-electron chi connectivity index (χ0n) is 22.9. The minimum atomic E-state index is -4.13. The number of likely N-dealkylation sites (N-methyl/N-ethyl adjacent to an activating group) is 1. The lowest BCUT2D eigenvalue weighted by atomic mass is 10.0. The Labute approximate surface area is 209 Å². The minimum Gasteiger partial charge on any atom is -0.449 e. The maximum atomic E-state index is 12.2. The number of unbranched alkanes of at least 4 members (excludes halogenated alkanes) is 11. The Morgan fingerprint density at radius 2 is 1.35 bits per heavy atom. The quantitative estimate of drug-likeness (QED) is 0.106. The summed E-state index contributed by atoms with van der Waals surface area (Å²) in [5.41, 5.74) is 0. The largest absolute Gasteiger partial charge is 0.472 e. The molecule has 0 radical (unpaired) electrons. The third-order valence-electron chi connectivity index (χ3n) is 5.76. The first-order valence-electron chi connectivity index (χ1n) is 13.2. The van der Waals surface area contributed by atoms with Crippen LogP contribution in [0, 0.1) is 5.92 Å². The highest BCUT2D eigenvalue weighted by Crippen LogP contribution is 2.43. The molecule has 0 saturated heterocycles. The minimum absolute atomic E-state index is 0.0247. The number of carbonyl (C=O) groups is 1. The Hall–Kier alpha value is -0.660. The SMILES string of the molecule is CCCCCCCCCCCCCCC(COC(=O)N(C)C)COP(=O)(O)OCC[N+](C)(C)C. The number of amides is 1. The lowest BCUT2D eigenvalue weighted by Crippen LogP contribution is -2.37. The molecule has 0 spiro atoms. The van der Waals surface area contributed by atoms with Crippen LogP contribution in [0.15, 0.2) is 0 Å². The van der Waals surface area contributed by atoms with Gasteiger partial charge >= 0.3 is 13.9 Å². The van der Waals surface area contributed by atoms with E-state index in [9.17, 15) is 14.3 Å². The molecule has 0 aliphatic carbocycles. The highest BCUT2D eigenvalue weighted by Gasteiger charge is 2.25. The van der Waals surface area contributed by atoms with E-state index < -0.39 is 13.9 Å². The number of phosphoric ester groups is 1. The van der Waals surface area contributed by atoms with Crippen molar-refractivity contribution in [2.75, 3.05) is 61.6 Å². The van der Waals surface area contributed by atoms with Crippen LogP contribution >= 0.6 is 7.82 Å². The van der Waals surface area contributed by atoms with E-state index in [0.717, 1.165) is 19.3 Å². The molecule has 2 unspecified atom stereocenters. The van der Waals surface area contributed by atoms with E-state index >= 15 is 0 Å². The van der Waals surface area contributed by atoms with Crippen LogP contribution in [0.25, 0.3) is 0 Å². The maximum Gasteiger partial charge on any atom is 0.472 e. The number of rotatable bonds is 22. The summed E-state index contributed by atoms with van der Waals surface area (Å²) in [6, 6.07) is 0. The molecule has 0 aliphatic heterocycles. The summed E-state index contributed by atoms with van der Waals surface area (Å²) < 4.78 is 28.5. The van der Waals surface area contributed by atoms with Gasteiger partial charge in [0.15, 0.2) is 0 Å². The molecular formula is C25H54N2O6P+. The number of ether oxygens (including phenoxy) is 1. The van der Waals surface area contributed by atoms with E-state index in [-0.39, 0.29) is 25.7 Å². The van der Waals surface area contributed by atoms with Gasteiger partial charge in [-0.25, -0.2) is 9.36 Å². The number of hydrogen-bond acceptors (Lipinski definition) is 5. The molecule has 0 bridgehead atoms. The van der Waals surface area contributed by atoms with Gasteiger partial charge in [-0.3, -0.25) is 9.05 Å². The first kappa shape index (κ1) is 33.3. The normalized spacial score (nSPS) is 14.6.